The number of carbonyl (C=O) groups excluding carboxylic acids is 2. The third kappa shape index (κ3) is 2.42. The van der Waals surface area contributed by atoms with E-state index in [9.17, 15) is 9.59 Å². The highest BCUT2D eigenvalue weighted by Crippen LogP contribution is 2.33. The lowest BCUT2D eigenvalue weighted by molar-refractivity contribution is -0.133. The molecule has 2 unspecified atom stereocenters. The van der Waals surface area contributed by atoms with Crippen LogP contribution in [0.25, 0.3) is 0 Å². The van der Waals surface area contributed by atoms with Gasteiger partial charge in [0.25, 0.3) is 0 Å². The molecule has 1 aromatic rings. The van der Waals surface area contributed by atoms with E-state index in [0.717, 1.165) is 11.3 Å². The molecule has 1 aliphatic rings. The van der Waals surface area contributed by atoms with Crippen molar-refractivity contribution < 1.29 is 9.59 Å². The molecule has 0 bridgehead atoms. The minimum Gasteiger partial charge on any atom is -0.343 e. The first kappa shape index (κ1) is 14.6. The van der Waals surface area contributed by atoms with Crippen molar-refractivity contribution in [3.63, 3.8) is 0 Å². The van der Waals surface area contributed by atoms with Gasteiger partial charge in [0.1, 0.15) is 12.1 Å². The lowest BCUT2D eigenvalue weighted by atomic mass is 9.85. The van der Waals surface area contributed by atoms with Crippen LogP contribution in [0.4, 0.5) is 5.69 Å². The number of nitrogens with one attached hydrogen (secondary N) is 1. The average molecular weight is 274 g/mol. The Morgan fingerprint density at radius 3 is 2.30 bits per heavy atom. The quantitative estimate of drug-likeness (QED) is 0.853. The molecule has 2 rings (SSSR count). The third-order valence-corrected chi connectivity index (χ3v) is 3.70. The van der Waals surface area contributed by atoms with E-state index in [1.54, 1.807) is 18.7 Å². The van der Waals surface area contributed by atoms with Crippen LogP contribution in [0.15, 0.2) is 24.3 Å². The molecule has 108 valence electrons. The largest absolute Gasteiger partial charge is 0.343 e. The molecule has 0 saturated carbocycles. The number of hydrogen-bond acceptors (Lipinski definition) is 2. The van der Waals surface area contributed by atoms with E-state index in [1.807, 2.05) is 24.3 Å². The smallest absolute Gasteiger partial charge is 0.250 e. The van der Waals surface area contributed by atoms with Crippen LogP contribution < -0.4 is 10.2 Å². The minimum absolute atomic E-state index is 0.0613. The molecule has 0 aromatic heterocycles. The predicted octanol–water partition coefficient (Wildman–Crippen LogP) is 2.22. The molecule has 1 aliphatic heterocycles. The fraction of sp³-hybridized carbons (Fsp3) is 0.500. The Kier molecular flexibility index (Phi) is 3.59. The molecule has 1 N–H and O–H groups in total. The highest BCUT2D eigenvalue weighted by molar-refractivity contribution is 6.08. The zero-order valence-electron chi connectivity index (χ0n) is 12.7. The van der Waals surface area contributed by atoms with Gasteiger partial charge >= 0.3 is 0 Å². The SMILES string of the molecule is CC1NC(=O)C(C)N(c2ccccc2C(C)(C)C)C1=O. The van der Waals surface area contributed by atoms with Gasteiger partial charge in [-0.25, -0.2) is 0 Å². The first-order valence-corrected chi connectivity index (χ1v) is 6.96. The number of amides is 2. The number of benzene rings is 1. The second kappa shape index (κ2) is 4.93. The number of carbonyl (C=O) groups is 2. The van der Waals surface area contributed by atoms with Crippen molar-refractivity contribution in [2.24, 2.45) is 0 Å². The van der Waals surface area contributed by atoms with Gasteiger partial charge in [-0.15, -0.1) is 0 Å². The van der Waals surface area contributed by atoms with Crippen LogP contribution in [-0.4, -0.2) is 23.9 Å². The Balaban J connectivity index is 2.54. The fourth-order valence-corrected chi connectivity index (χ4v) is 2.56. The molecule has 1 saturated heterocycles. The van der Waals surface area contributed by atoms with Gasteiger partial charge in [-0.05, 0) is 30.9 Å². The van der Waals surface area contributed by atoms with Gasteiger partial charge in [0, 0.05) is 5.69 Å². The van der Waals surface area contributed by atoms with Crippen molar-refractivity contribution in [3.05, 3.63) is 29.8 Å². The second-order valence-electron chi connectivity index (χ2n) is 6.38. The van der Waals surface area contributed by atoms with Gasteiger partial charge in [-0.1, -0.05) is 39.0 Å². The van der Waals surface area contributed by atoms with Crippen LogP contribution in [0.2, 0.25) is 0 Å². The van der Waals surface area contributed by atoms with E-state index in [0.29, 0.717) is 0 Å². The molecule has 1 fully saturated rings. The molecule has 1 aromatic carbocycles. The monoisotopic (exact) mass is 274 g/mol. The van der Waals surface area contributed by atoms with E-state index < -0.39 is 12.1 Å². The van der Waals surface area contributed by atoms with Gasteiger partial charge < -0.3 is 5.32 Å². The van der Waals surface area contributed by atoms with E-state index in [1.165, 1.54) is 0 Å². The maximum Gasteiger partial charge on any atom is 0.250 e. The van der Waals surface area contributed by atoms with Gasteiger partial charge in [-0.2, -0.15) is 0 Å². The average Bonchev–Trinajstić information content (AvgIpc) is 2.36. The van der Waals surface area contributed by atoms with E-state index >= 15 is 0 Å². The van der Waals surface area contributed by atoms with Gasteiger partial charge in [0.2, 0.25) is 11.8 Å². The number of nitrogens with zero attached hydrogens (tertiary/aromatic N) is 1. The summed E-state index contributed by atoms with van der Waals surface area (Å²) < 4.78 is 0. The van der Waals surface area contributed by atoms with Crippen LogP contribution >= 0.6 is 0 Å². The molecular weight excluding hydrogens is 252 g/mol. The number of rotatable bonds is 1. The summed E-state index contributed by atoms with van der Waals surface area (Å²) in [6, 6.07) is 6.84. The third-order valence-electron chi connectivity index (χ3n) is 3.70. The summed E-state index contributed by atoms with van der Waals surface area (Å²) in [5.41, 5.74) is 1.81. The topological polar surface area (TPSA) is 49.4 Å². The highest BCUT2D eigenvalue weighted by atomic mass is 16.2. The minimum atomic E-state index is -0.484. The van der Waals surface area contributed by atoms with E-state index in [4.69, 9.17) is 0 Å². The maximum atomic E-state index is 12.5. The van der Waals surface area contributed by atoms with Crippen LogP contribution in [0.1, 0.15) is 40.2 Å². The summed E-state index contributed by atoms with van der Waals surface area (Å²) in [6.45, 7) is 9.80. The van der Waals surface area contributed by atoms with Gasteiger partial charge in [-0.3, -0.25) is 14.5 Å². The molecule has 1 heterocycles. The van der Waals surface area contributed by atoms with Crippen molar-refractivity contribution >= 4 is 17.5 Å². The number of piperazine rings is 1. The zero-order chi connectivity index (χ0) is 15.1. The molecule has 2 atom stereocenters. The number of para-hydroxylation sites is 1. The summed E-state index contributed by atoms with van der Waals surface area (Å²) in [7, 11) is 0. The zero-order valence-corrected chi connectivity index (χ0v) is 12.7. The number of hydrogen-bond donors (Lipinski definition) is 1. The van der Waals surface area contributed by atoms with Crippen molar-refractivity contribution in [3.8, 4) is 0 Å². The number of anilines is 1. The summed E-state index contributed by atoms with van der Waals surface area (Å²) in [5.74, 6) is -0.172. The van der Waals surface area contributed by atoms with Crippen LogP contribution in [0, 0.1) is 0 Å². The molecule has 2 amide bonds. The van der Waals surface area contributed by atoms with E-state index in [2.05, 4.69) is 26.1 Å². The van der Waals surface area contributed by atoms with Gasteiger partial charge in [0.05, 0.1) is 0 Å². The maximum absolute atomic E-state index is 12.5. The first-order valence-electron chi connectivity index (χ1n) is 6.96. The van der Waals surface area contributed by atoms with Crippen LogP contribution in [0.5, 0.6) is 0 Å². The summed E-state index contributed by atoms with van der Waals surface area (Å²) in [5, 5.41) is 2.71. The van der Waals surface area contributed by atoms with Crippen molar-refractivity contribution in [1.82, 2.24) is 5.32 Å². The summed E-state index contributed by atoms with van der Waals surface area (Å²) >= 11 is 0. The molecule has 0 radical (unpaired) electrons. The Hall–Kier alpha value is -1.84. The van der Waals surface area contributed by atoms with Crippen molar-refractivity contribution in [1.29, 1.82) is 0 Å². The Morgan fingerprint density at radius 1 is 1.10 bits per heavy atom. The van der Waals surface area contributed by atoms with Gasteiger partial charge in [0.15, 0.2) is 0 Å². The molecule has 4 heteroatoms. The highest BCUT2D eigenvalue weighted by Gasteiger charge is 2.38. The lowest BCUT2D eigenvalue weighted by Gasteiger charge is -2.38. The molecule has 20 heavy (non-hydrogen) atoms. The Morgan fingerprint density at radius 2 is 1.70 bits per heavy atom. The summed E-state index contributed by atoms with van der Waals surface area (Å²) in [4.78, 5) is 26.1. The standard InChI is InChI=1S/C16H22N2O2/c1-10-15(20)18(11(2)14(19)17-10)13-9-7-6-8-12(13)16(3,4)5/h6-11H,1-5H3,(H,17,19). The molecule has 4 nitrogen and oxygen atoms in total. The predicted molar refractivity (Wildman–Crippen MR) is 79.7 cm³/mol. The first-order chi connectivity index (χ1) is 9.23. The normalized spacial score (nSPS) is 23.8. The molecule has 0 spiro atoms. The molecule has 0 aliphatic carbocycles. The fourth-order valence-electron chi connectivity index (χ4n) is 2.56. The Labute approximate surface area is 120 Å². The van der Waals surface area contributed by atoms with Crippen molar-refractivity contribution in [2.45, 2.75) is 52.1 Å². The van der Waals surface area contributed by atoms with Crippen molar-refractivity contribution in [2.75, 3.05) is 4.90 Å². The van der Waals surface area contributed by atoms with E-state index in [-0.39, 0.29) is 17.2 Å². The van der Waals surface area contributed by atoms with Crippen LogP contribution in [-0.2, 0) is 15.0 Å². The Bertz CT molecular complexity index is 546. The molecular formula is C16H22N2O2. The summed E-state index contributed by atoms with van der Waals surface area (Å²) in [6.07, 6.45) is 0. The van der Waals surface area contributed by atoms with Crippen LogP contribution in [0.3, 0.4) is 0 Å². The second-order valence-corrected chi connectivity index (χ2v) is 6.38. The lowest BCUT2D eigenvalue weighted by Crippen LogP contribution is -2.62.